The Labute approximate surface area is 194 Å². The van der Waals surface area contributed by atoms with Crippen molar-refractivity contribution in [3.8, 4) is 5.75 Å². The Morgan fingerprint density at radius 3 is 2.48 bits per heavy atom. The molecule has 1 heterocycles. The van der Waals surface area contributed by atoms with E-state index >= 15 is 0 Å². The Hall–Kier alpha value is -3.80. The minimum atomic E-state index is -0.126. The van der Waals surface area contributed by atoms with Crippen LogP contribution in [0.2, 0.25) is 0 Å². The standard InChI is InChI=1S/C27H29N3O3/c1-18-14-21-9-8-19(17-28-26(31)22-6-5-7-23(16-22)29(2)3)15-25(21)30(18)27(32)20-10-12-24(33-4)13-11-20/h5-13,15-16,18H,14,17H2,1-4H3,(H,28,31)/t18-/m0/s1. The summed E-state index contributed by atoms with van der Waals surface area (Å²) in [5.74, 6) is 0.555. The van der Waals surface area contributed by atoms with Crippen LogP contribution in [-0.4, -0.2) is 39.1 Å². The van der Waals surface area contributed by atoms with E-state index < -0.39 is 0 Å². The number of anilines is 2. The predicted molar refractivity (Wildman–Crippen MR) is 131 cm³/mol. The highest BCUT2D eigenvalue weighted by atomic mass is 16.5. The highest BCUT2D eigenvalue weighted by Gasteiger charge is 2.31. The maximum atomic E-state index is 13.3. The first-order chi connectivity index (χ1) is 15.9. The smallest absolute Gasteiger partial charge is 0.258 e. The molecule has 6 nitrogen and oxygen atoms in total. The van der Waals surface area contributed by atoms with Gasteiger partial charge in [-0.2, -0.15) is 0 Å². The quantitative estimate of drug-likeness (QED) is 0.618. The molecule has 0 unspecified atom stereocenters. The molecule has 33 heavy (non-hydrogen) atoms. The normalized spacial score (nSPS) is 14.5. The van der Waals surface area contributed by atoms with Crippen molar-refractivity contribution in [3.63, 3.8) is 0 Å². The first-order valence-electron chi connectivity index (χ1n) is 11.0. The van der Waals surface area contributed by atoms with E-state index in [2.05, 4.69) is 18.3 Å². The average molecular weight is 444 g/mol. The lowest BCUT2D eigenvalue weighted by Gasteiger charge is -2.23. The summed E-state index contributed by atoms with van der Waals surface area (Å²) in [6, 6.07) is 20.8. The molecule has 3 aromatic carbocycles. The van der Waals surface area contributed by atoms with Crippen molar-refractivity contribution < 1.29 is 14.3 Å². The third kappa shape index (κ3) is 4.70. The van der Waals surface area contributed by atoms with Gasteiger partial charge in [-0.25, -0.2) is 0 Å². The number of hydrogen-bond acceptors (Lipinski definition) is 4. The minimum absolute atomic E-state index is 0.0365. The van der Waals surface area contributed by atoms with Crippen LogP contribution in [-0.2, 0) is 13.0 Å². The van der Waals surface area contributed by atoms with E-state index in [1.165, 1.54) is 0 Å². The fourth-order valence-corrected chi connectivity index (χ4v) is 4.16. The third-order valence-electron chi connectivity index (χ3n) is 6.00. The number of fused-ring (bicyclic) bond motifs is 1. The van der Waals surface area contributed by atoms with E-state index in [-0.39, 0.29) is 17.9 Å². The summed E-state index contributed by atoms with van der Waals surface area (Å²) < 4.78 is 5.20. The van der Waals surface area contributed by atoms with Crippen LogP contribution in [0.4, 0.5) is 11.4 Å². The van der Waals surface area contributed by atoms with Crippen molar-refractivity contribution in [2.75, 3.05) is 31.0 Å². The van der Waals surface area contributed by atoms with Crippen molar-refractivity contribution in [2.45, 2.75) is 25.9 Å². The van der Waals surface area contributed by atoms with Gasteiger partial charge in [0.05, 0.1) is 7.11 Å². The van der Waals surface area contributed by atoms with Gasteiger partial charge in [0, 0.05) is 49.2 Å². The van der Waals surface area contributed by atoms with Crippen LogP contribution in [0.25, 0.3) is 0 Å². The number of carbonyl (C=O) groups is 2. The van der Waals surface area contributed by atoms with Crippen molar-refractivity contribution in [2.24, 2.45) is 0 Å². The summed E-state index contributed by atoms with van der Waals surface area (Å²) in [6.07, 6.45) is 0.807. The van der Waals surface area contributed by atoms with Crippen LogP contribution in [0, 0.1) is 0 Å². The molecule has 1 atom stereocenters. The fraction of sp³-hybridized carbons (Fsp3) is 0.259. The average Bonchev–Trinajstić information content (AvgIpc) is 3.17. The first kappa shape index (κ1) is 22.4. The van der Waals surface area contributed by atoms with E-state index in [4.69, 9.17) is 4.74 Å². The van der Waals surface area contributed by atoms with Crippen LogP contribution in [0.1, 0.15) is 38.8 Å². The van der Waals surface area contributed by atoms with Crippen LogP contribution in [0.5, 0.6) is 5.75 Å². The van der Waals surface area contributed by atoms with E-state index in [0.29, 0.717) is 17.7 Å². The molecule has 6 heteroatoms. The summed E-state index contributed by atoms with van der Waals surface area (Å²) in [6.45, 7) is 2.44. The monoisotopic (exact) mass is 443 g/mol. The highest BCUT2D eigenvalue weighted by Crippen LogP contribution is 2.34. The Morgan fingerprint density at radius 1 is 1.03 bits per heavy atom. The molecule has 0 fully saturated rings. The van der Waals surface area contributed by atoms with Crippen LogP contribution in [0.3, 0.4) is 0 Å². The number of amides is 2. The van der Waals surface area contributed by atoms with Gasteiger partial charge in [0.2, 0.25) is 0 Å². The van der Waals surface area contributed by atoms with Gasteiger partial charge in [-0.1, -0.05) is 18.2 Å². The number of benzene rings is 3. The minimum Gasteiger partial charge on any atom is -0.497 e. The zero-order valence-electron chi connectivity index (χ0n) is 19.5. The number of ether oxygens (including phenoxy) is 1. The maximum absolute atomic E-state index is 13.3. The van der Waals surface area contributed by atoms with Crippen molar-refractivity contribution in [3.05, 3.63) is 89.0 Å². The van der Waals surface area contributed by atoms with Gasteiger partial charge < -0.3 is 19.9 Å². The summed E-state index contributed by atoms with van der Waals surface area (Å²) in [5, 5.41) is 3.00. The molecule has 0 spiro atoms. The Morgan fingerprint density at radius 2 is 1.79 bits per heavy atom. The van der Waals surface area contributed by atoms with Crippen LogP contribution < -0.4 is 19.9 Å². The van der Waals surface area contributed by atoms with E-state index in [9.17, 15) is 9.59 Å². The molecule has 170 valence electrons. The maximum Gasteiger partial charge on any atom is 0.258 e. The lowest BCUT2D eigenvalue weighted by molar-refractivity contribution is 0.0948. The second-order valence-corrected chi connectivity index (χ2v) is 8.55. The lowest BCUT2D eigenvalue weighted by Crippen LogP contribution is -2.35. The van der Waals surface area contributed by atoms with Crippen LogP contribution in [0.15, 0.2) is 66.7 Å². The van der Waals surface area contributed by atoms with Gasteiger partial charge in [0.25, 0.3) is 11.8 Å². The van der Waals surface area contributed by atoms with E-state index in [0.717, 1.165) is 34.7 Å². The topological polar surface area (TPSA) is 61.9 Å². The molecule has 1 N–H and O–H groups in total. The second kappa shape index (κ2) is 9.36. The molecule has 0 saturated carbocycles. The SMILES string of the molecule is COc1ccc(C(=O)N2c3cc(CNC(=O)c4cccc(N(C)C)c4)ccc3C[C@@H]2C)cc1. The summed E-state index contributed by atoms with van der Waals surface area (Å²) in [4.78, 5) is 29.8. The molecular formula is C27H29N3O3. The van der Waals surface area contributed by atoms with Gasteiger partial charge in [0.1, 0.15) is 5.75 Å². The first-order valence-corrected chi connectivity index (χ1v) is 11.0. The number of hydrogen-bond donors (Lipinski definition) is 1. The number of methoxy groups -OCH3 is 1. The molecule has 3 aromatic rings. The van der Waals surface area contributed by atoms with E-state index in [1.807, 2.05) is 60.3 Å². The fourth-order valence-electron chi connectivity index (χ4n) is 4.16. The van der Waals surface area contributed by atoms with Crippen molar-refractivity contribution in [1.82, 2.24) is 5.32 Å². The van der Waals surface area contributed by atoms with Crippen molar-refractivity contribution in [1.29, 1.82) is 0 Å². The molecule has 0 aliphatic carbocycles. The molecule has 0 bridgehead atoms. The van der Waals surface area contributed by atoms with Gasteiger partial charge in [-0.05, 0) is 73.0 Å². The Balaban J connectivity index is 1.50. The largest absolute Gasteiger partial charge is 0.497 e. The third-order valence-corrected chi connectivity index (χ3v) is 6.00. The molecule has 0 aromatic heterocycles. The Kier molecular flexibility index (Phi) is 6.36. The molecule has 1 aliphatic rings. The van der Waals surface area contributed by atoms with Gasteiger partial charge in [-0.15, -0.1) is 0 Å². The zero-order chi connectivity index (χ0) is 23.5. The zero-order valence-corrected chi connectivity index (χ0v) is 19.5. The van der Waals surface area contributed by atoms with Crippen LogP contribution >= 0.6 is 0 Å². The molecular weight excluding hydrogens is 414 g/mol. The predicted octanol–water partition coefficient (Wildman–Crippen LogP) is 4.28. The number of nitrogens with zero attached hydrogens (tertiary/aromatic N) is 2. The molecule has 0 saturated heterocycles. The van der Waals surface area contributed by atoms with Gasteiger partial charge in [0.15, 0.2) is 0 Å². The summed E-state index contributed by atoms with van der Waals surface area (Å²) >= 11 is 0. The summed E-state index contributed by atoms with van der Waals surface area (Å²) in [5.41, 5.74) is 5.21. The highest BCUT2D eigenvalue weighted by molar-refractivity contribution is 6.08. The summed E-state index contributed by atoms with van der Waals surface area (Å²) in [7, 11) is 5.50. The lowest BCUT2D eigenvalue weighted by atomic mass is 10.1. The van der Waals surface area contributed by atoms with E-state index in [1.54, 1.807) is 31.4 Å². The number of nitrogens with one attached hydrogen (secondary N) is 1. The Bertz CT molecular complexity index is 1170. The number of rotatable bonds is 6. The van der Waals surface area contributed by atoms with Gasteiger partial charge in [-0.3, -0.25) is 9.59 Å². The molecule has 4 rings (SSSR count). The second-order valence-electron chi connectivity index (χ2n) is 8.55. The molecule has 0 radical (unpaired) electrons. The van der Waals surface area contributed by atoms with Gasteiger partial charge >= 0.3 is 0 Å². The van der Waals surface area contributed by atoms with Crippen molar-refractivity contribution >= 4 is 23.2 Å². The number of carbonyl (C=O) groups excluding carboxylic acids is 2. The molecule has 1 aliphatic heterocycles. The molecule has 2 amide bonds.